The summed E-state index contributed by atoms with van der Waals surface area (Å²) in [6, 6.07) is 10.3. The van der Waals surface area contributed by atoms with Gasteiger partial charge < -0.3 is 40.3 Å². The lowest BCUT2D eigenvalue weighted by Gasteiger charge is -2.35. The number of benzene rings is 3. The molecule has 4 rings (SSSR count). The van der Waals surface area contributed by atoms with Gasteiger partial charge >= 0.3 is 24.4 Å². The predicted octanol–water partition coefficient (Wildman–Crippen LogP) is 8.33. The fourth-order valence-electron chi connectivity index (χ4n) is 5.81. The quantitative estimate of drug-likeness (QED) is 0.178. The topological polar surface area (TPSA) is 132 Å². The minimum atomic E-state index is -4.54. The minimum Gasteiger partial charge on any atom is -0.490 e. The molecule has 0 radical (unpaired) electrons. The molecule has 1 aliphatic heterocycles. The fraction of sp³-hybridized carbons (Fsp3) is 0.447. The van der Waals surface area contributed by atoms with Crippen LogP contribution in [0, 0.1) is 5.92 Å². The molecule has 0 unspecified atom stereocenters. The number of halogens is 6. The Bertz CT molecular complexity index is 1760. The SMILES string of the molecule is C[C@H]1CCCCO[C@H](CN(C)C(=O)Nc2ccc(C(F)(F)F)cc2)[C@@H](C)CN([C@@H](C)CO)C(=O)c2cc(NC(=O)Nc3ccc(C(F)(F)F)cc3)ccc2O1. The van der Waals surface area contributed by atoms with Gasteiger partial charge in [-0.1, -0.05) is 6.92 Å². The largest absolute Gasteiger partial charge is 0.490 e. The number of aliphatic hydroxyl groups is 1. The zero-order valence-electron chi connectivity index (χ0n) is 30.8. The van der Waals surface area contributed by atoms with Crippen LogP contribution < -0.4 is 20.7 Å². The van der Waals surface area contributed by atoms with Gasteiger partial charge in [0.05, 0.1) is 41.5 Å². The molecule has 0 saturated carbocycles. The molecule has 0 fully saturated rings. The van der Waals surface area contributed by atoms with E-state index in [2.05, 4.69) is 16.0 Å². The number of fused-ring (bicyclic) bond motifs is 1. The second-order valence-electron chi connectivity index (χ2n) is 13.6. The van der Waals surface area contributed by atoms with E-state index in [0.717, 1.165) is 48.5 Å². The summed E-state index contributed by atoms with van der Waals surface area (Å²) in [4.78, 5) is 43.1. The average molecular weight is 782 g/mol. The molecule has 0 saturated heterocycles. The Morgan fingerprint density at radius 2 is 1.42 bits per heavy atom. The Morgan fingerprint density at radius 1 is 0.873 bits per heavy atom. The maximum Gasteiger partial charge on any atom is 0.416 e. The highest BCUT2D eigenvalue weighted by molar-refractivity contribution is 6.02. The van der Waals surface area contributed by atoms with Gasteiger partial charge in [-0.15, -0.1) is 0 Å². The molecule has 17 heteroatoms. The lowest BCUT2D eigenvalue weighted by molar-refractivity contribution is -0.138. The number of rotatable bonds is 7. The molecule has 300 valence electrons. The van der Waals surface area contributed by atoms with Gasteiger partial charge in [0.2, 0.25) is 0 Å². The van der Waals surface area contributed by atoms with E-state index in [1.165, 1.54) is 35.0 Å². The number of carbonyl (C=O) groups excluding carboxylic acids is 3. The van der Waals surface area contributed by atoms with Crippen LogP contribution in [0.25, 0.3) is 0 Å². The number of amides is 5. The number of ether oxygens (including phenoxy) is 2. The van der Waals surface area contributed by atoms with Crippen molar-refractivity contribution in [3.8, 4) is 5.75 Å². The molecule has 0 spiro atoms. The molecule has 1 aliphatic rings. The van der Waals surface area contributed by atoms with Crippen molar-refractivity contribution in [1.29, 1.82) is 0 Å². The van der Waals surface area contributed by atoms with Crippen LogP contribution in [-0.2, 0) is 17.1 Å². The van der Waals surface area contributed by atoms with E-state index in [1.807, 2.05) is 13.8 Å². The van der Waals surface area contributed by atoms with E-state index in [0.29, 0.717) is 25.9 Å². The van der Waals surface area contributed by atoms with Crippen molar-refractivity contribution in [1.82, 2.24) is 9.80 Å². The van der Waals surface area contributed by atoms with Gasteiger partial charge in [0.1, 0.15) is 5.75 Å². The van der Waals surface area contributed by atoms with E-state index in [1.54, 1.807) is 6.92 Å². The Hall–Kier alpha value is -5.03. The summed E-state index contributed by atoms with van der Waals surface area (Å²) in [5.74, 6) is -0.716. The van der Waals surface area contributed by atoms with Gasteiger partial charge in [-0.2, -0.15) is 26.3 Å². The smallest absolute Gasteiger partial charge is 0.416 e. The summed E-state index contributed by atoms with van der Waals surface area (Å²) in [6.45, 7) is 5.36. The van der Waals surface area contributed by atoms with Gasteiger partial charge in [0.15, 0.2) is 0 Å². The predicted molar refractivity (Wildman–Crippen MR) is 194 cm³/mol. The van der Waals surface area contributed by atoms with Crippen molar-refractivity contribution in [3.63, 3.8) is 0 Å². The van der Waals surface area contributed by atoms with Crippen LogP contribution in [0.15, 0.2) is 66.7 Å². The second-order valence-corrected chi connectivity index (χ2v) is 13.6. The van der Waals surface area contributed by atoms with Crippen LogP contribution in [-0.4, -0.2) is 84.5 Å². The Kier molecular flexibility index (Phi) is 14.4. The fourth-order valence-corrected chi connectivity index (χ4v) is 5.81. The van der Waals surface area contributed by atoms with E-state index in [9.17, 15) is 45.8 Å². The third-order valence-corrected chi connectivity index (χ3v) is 9.04. The van der Waals surface area contributed by atoms with Gasteiger partial charge in [0, 0.05) is 49.7 Å². The standard InChI is InChI=1S/C38H45F6N5O6/c1-23-20-49(24(2)22-50)34(51)31-19-30(46-35(52)45-28-12-8-26(9-13-28)37(39,40)41)16-17-32(31)55-25(3)7-5-6-18-54-33(23)21-48(4)36(53)47-29-14-10-27(11-15-29)38(42,43)44/h8-17,19,23-25,33,50H,5-7,18,20-22H2,1-4H3,(H,47,53)(H2,45,46,52)/t23-,24-,25-,33+/m0/s1. The number of likely N-dealkylation sites (N-methyl/N-ethyl adjacent to an activating group) is 1. The van der Waals surface area contributed by atoms with Crippen LogP contribution in [0.1, 0.15) is 61.5 Å². The van der Waals surface area contributed by atoms with E-state index in [-0.39, 0.29) is 47.6 Å². The summed E-state index contributed by atoms with van der Waals surface area (Å²) in [5, 5.41) is 17.8. The Labute approximate surface area is 315 Å². The zero-order chi connectivity index (χ0) is 40.5. The highest BCUT2D eigenvalue weighted by atomic mass is 19.4. The van der Waals surface area contributed by atoms with Crippen LogP contribution in [0.5, 0.6) is 5.75 Å². The Balaban J connectivity index is 1.54. The van der Waals surface area contributed by atoms with Gasteiger partial charge in [-0.25, -0.2) is 9.59 Å². The summed E-state index contributed by atoms with van der Waals surface area (Å²) in [5.41, 5.74) is -1.20. The summed E-state index contributed by atoms with van der Waals surface area (Å²) in [6.07, 6.45) is -8.06. The lowest BCUT2D eigenvalue weighted by Crippen LogP contribution is -2.48. The lowest BCUT2D eigenvalue weighted by atomic mass is 10.0. The molecular weight excluding hydrogens is 736 g/mol. The summed E-state index contributed by atoms with van der Waals surface area (Å²) >= 11 is 0. The van der Waals surface area contributed by atoms with Crippen molar-refractivity contribution in [3.05, 3.63) is 83.4 Å². The number of hydrogen-bond acceptors (Lipinski definition) is 6. The first-order valence-corrected chi connectivity index (χ1v) is 17.6. The van der Waals surface area contributed by atoms with E-state index in [4.69, 9.17) is 9.47 Å². The van der Waals surface area contributed by atoms with Gasteiger partial charge in [0.25, 0.3) is 5.91 Å². The molecule has 4 atom stereocenters. The summed E-state index contributed by atoms with van der Waals surface area (Å²) in [7, 11) is 1.51. The Morgan fingerprint density at radius 3 is 1.98 bits per heavy atom. The highest BCUT2D eigenvalue weighted by Gasteiger charge is 2.33. The highest BCUT2D eigenvalue weighted by Crippen LogP contribution is 2.32. The third-order valence-electron chi connectivity index (χ3n) is 9.04. The molecule has 0 aromatic heterocycles. The van der Waals surface area contributed by atoms with E-state index >= 15 is 0 Å². The number of carbonyl (C=O) groups is 3. The average Bonchev–Trinajstić information content (AvgIpc) is 3.12. The number of nitrogens with zero attached hydrogens (tertiary/aromatic N) is 2. The van der Waals surface area contributed by atoms with Crippen LogP contribution in [0.2, 0.25) is 0 Å². The van der Waals surface area contributed by atoms with Gasteiger partial charge in [-0.3, -0.25) is 4.79 Å². The first-order valence-electron chi connectivity index (χ1n) is 17.6. The van der Waals surface area contributed by atoms with E-state index < -0.39 is 66.1 Å². The van der Waals surface area contributed by atoms with Crippen molar-refractivity contribution in [2.75, 3.05) is 49.3 Å². The molecule has 4 N–H and O–H groups in total. The van der Waals surface area contributed by atoms with Crippen molar-refractivity contribution in [2.24, 2.45) is 5.92 Å². The molecule has 3 aromatic carbocycles. The molecule has 1 heterocycles. The molecule has 0 aliphatic carbocycles. The monoisotopic (exact) mass is 781 g/mol. The number of aliphatic hydroxyl groups excluding tert-OH is 1. The maximum absolute atomic E-state index is 14.4. The van der Waals surface area contributed by atoms with Crippen LogP contribution in [0.3, 0.4) is 0 Å². The van der Waals surface area contributed by atoms with Crippen molar-refractivity contribution >= 4 is 35.0 Å². The van der Waals surface area contributed by atoms with Gasteiger partial charge in [-0.05, 0) is 99.8 Å². The normalized spacial score (nSPS) is 19.3. The van der Waals surface area contributed by atoms with Crippen molar-refractivity contribution in [2.45, 2.75) is 70.6 Å². The van der Waals surface area contributed by atoms with Crippen molar-refractivity contribution < 1.29 is 55.3 Å². The number of anilines is 3. The zero-order valence-corrected chi connectivity index (χ0v) is 30.8. The number of urea groups is 2. The second kappa shape index (κ2) is 18.5. The maximum atomic E-state index is 14.4. The minimum absolute atomic E-state index is 0.0562. The first-order chi connectivity index (χ1) is 25.8. The number of nitrogens with one attached hydrogen (secondary N) is 3. The van der Waals surface area contributed by atoms with Crippen LogP contribution in [0.4, 0.5) is 53.0 Å². The molecule has 55 heavy (non-hydrogen) atoms. The number of alkyl halides is 6. The molecule has 5 amide bonds. The third kappa shape index (κ3) is 12.2. The van der Waals surface area contributed by atoms with Crippen LogP contribution >= 0.6 is 0 Å². The molecular formula is C38H45F6N5O6. The first kappa shape index (κ1) is 42.7. The molecule has 11 nitrogen and oxygen atoms in total. The molecule has 3 aromatic rings. The molecule has 0 bridgehead atoms. The number of hydrogen-bond donors (Lipinski definition) is 4. The summed E-state index contributed by atoms with van der Waals surface area (Å²) < 4.78 is 90.4.